The van der Waals surface area contributed by atoms with Crippen LogP contribution in [-0.2, 0) is 0 Å². The van der Waals surface area contributed by atoms with Crippen molar-refractivity contribution in [2.45, 2.75) is 0 Å². The van der Waals surface area contributed by atoms with Crippen LogP contribution in [0.15, 0.2) is 46.9 Å². The minimum atomic E-state index is 0.864. The van der Waals surface area contributed by atoms with E-state index in [0.717, 1.165) is 26.3 Å². The average molecular weight is 320 g/mol. The van der Waals surface area contributed by atoms with Gasteiger partial charge in [0.2, 0.25) is 0 Å². The van der Waals surface area contributed by atoms with Crippen LogP contribution in [0.3, 0.4) is 0 Å². The zero-order chi connectivity index (χ0) is 12.5. The van der Waals surface area contributed by atoms with Crippen molar-refractivity contribution in [2.75, 3.05) is 7.11 Å². The summed E-state index contributed by atoms with van der Waals surface area (Å²) in [6.45, 7) is 0. The van der Waals surface area contributed by atoms with Gasteiger partial charge in [-0.1, -0.05) is 15.9 Å². The lowest BCUT2D eigenvalue weighted by atomic mass is 10.2. The third-order valence-electron chi connectivity index (χ3n) is 2.69. The van der Waals surface area contributed by atoms with E-state index in [1.54, 1.807) is 18.4 Å². The number of benzene rings is 2. The van der Waals surface area contributed by atoms with E-state index in [2.05, 4.69) is 27.0 Å². The summed E-state index contributed by atoms with van der Waals surface area (Å²) in [6, 6.07) is 14.1. The SMILES string of the molecule is COc1ccc(-c2nc3ccc(Br)cc3s2)cc1. The zero-order valence-corrected chi connectivity index (χ0v) is 12.1. The maximum Gasteiger partial charge on any atom is 0.124 e. The second-order valence-electron chi connectivity index (χ2n) is 3.86. The molecular weight excluding hydrogens is 310 g/mol. The zero-order valence-electron chi connectivity index (χ0n) is 9.68. The lowest BCUT2D eigenvalue weighted by molar-refractivity contribution is 0.415. The van der Waals surface area contributed by atoms with Gasteiger partial charge in [-0.3, -0.25) is 0 Å². The van der Waals surface area contributed by atoms with Crippen molar-refractivity contribution < 1.29 is 4.74 Å². The largest absolute Gasteiger partial charge is 0.497 e. The second-order valence-corrected chi connectivity index (χ2v) is 5.81. The Morgan fingerprint density at radius 2 is 1.89 bits per heavy atom. The monoisotopic (exact) mass is 319 g/mol. The molecule has 18 heavy (non-hydrogen) atoms. The summed E-state index contributed by atoms with van der Waals surface area (Å²) in [5.41, 5.74) is 2.15. The van der Waals surface area contributed by atoms with E-state index in [9.17, 15) is 0 Å². The van der Waals surface area contributed by atoms with Gasteiger partial charge >= 0.3 is 0 Å². The van der Waals surface area contributed by atoms with Crippen LogP contribution < -0.4 is 4.74 Å². The van der Waals surface area contributed by atoms with Crippen LogP contribution in [0, 0.1) is 0 Å². The molecule has 90 valence electrons. The van der Waals surface area contributed by atoms with Gasteiger partial charge in [-0.05, 0) is 42.5 Å². The Kier molecular flexibility index (Phi) is 3.06. The molecule has 0 saturated carbocycles. The van der Waals surface area contributed by atoms with Crippen molar-refractivity contribution in [3.63, 3.8) is 0 Å². The lowest BCUT2D eigenvalue weighted by Crippen LogP contribution is -1.82. The van der Waals surface area contributed by atoms with Crippen LogP contribution in [-0.4, -0.2) is 12.1 Å². The molecule has 1 heterocycles. The Morgan fingerprint density at radius 3 is 2.61 bits per heavy atom. The Hall–Kier alpha value is -1.39. The Morgan fingerprint density at radius 1 is 1.11 bits per heavy atom. The van der Waals surface area contributed by atoms with Gasteiger partial charge in [-0.15, -0.1) is 11.3 Å². The number of hydrogen-bond acceptors (Lipinski definition) is 3. The number of fused-ring (bicyclic) bond motifs is 1. The lowest BCUT2D eigenvalue weighted by Gasteiger charge is -1.99. The molecule has 0 aliphatic rings. The molecule has 3 rings (SSSR count). The first kappa shape index (κ1) is 11.7. The van der Waals surface area contributed by atoms with Crippen molar-refractivity contribution in [1.29, 1.82) is 0 Å². The molecule has 0 spiro atoms. The topological polar surface area (TPSA) is 22.1 Å². The molecule has 3 aromatic rings. The summed E-state index contributed by atoms with van der Waals surface area (Å²) in [5, 5.41) is 1.03. The highest BCUT2D eigenvalue weighted by molar-refractivity contribution is 9.10. The Bertz CT molecular complexity index is 691. The van der Waals surface area contributed by atoms with Crippen LogP contribution in [0.25, 0.3) is 20.8 Å². The van der Waals surface area contributed by atoms with E-state index in [4.69, 9.17) is 4.74 Å². The summed E-state index contributed by atoms with van der Waals surface area (Å²) in [4.78, 5) is 4.64. The van der Waals surface area contributed by atoms with Crippen LogP contribution in [0.4, 0.5) is 0 Å². The molecule has 0 atom stereocenters. The third-order valence-corrected chi connectivity index (χ3v) is 4.25. The molecule has 0 radical (unpaired) electrons. The first-order valence-corrected chi connectivity index (χ1v) is 7.08. The molecule has 1 aromatic heterocycles. The second kappa shape index (κ2) is 4.71. The van der Waals surface area contributed by atoms with E-state index in [1.165, 1.54) is 4.70 Å². The number of thiazole rings is 1. The number of ether oxygens (including phenoxy) is 1. The minimum absolute atomic E-state index is 0.864. The maximum absolute atomic E-state index is 5.16. The summed E-state index contributed by atoms with van der Waals surface area (Å²) in [5.74, 6) is 0.864. The van der Waals surface area contributed by atoms with Crippen molar-refractivity contribution in [3.05, 3.63) is 46.9 Å². The van der Waals surface area contributed by atoms with Crippen LogP contribution >= 0.6 is 27.3 Å². The highest BCUT2D eigenvalue weighted by atomic mass is 79.9. The fourth-order valence-corrected chi connectivity index (χ4v) is 3.28. The molecule has 0 saturated heterocycles. The van der Waals surface area contributed by atoms with Crippen molar-refractivity contribution in [3.8, 4) is 16.3 Å². The smallest absolute Gasteiger partial charge is 0.124 e. The van der Waals surface area contributed by atoms with E-state index in [0.29, 0.717) is 0 Å². The number of halogens is 1. The van der Waals surface area contributed by atoms with Crippen LogP contribution in [0.1, 0.15) is 0 Å². The van der Waals surface area contributed by atoms with Gasteiger partial charge in [-0.2, -0.15) is 0 Å². The van der Waals surface area contributed by atoms with Gasteiger partial charge in [0.05, 0.1) is 17.3 Å². The standard InChI is InChI=1S/C14H10BrNOS/c1-17-11-5-2-9(3-6-11)14-16-12-7-4-10(15)8-13(12)18-14/h2-8H,1H3. The first-order valence-electron chi connectivity index (χ1n) is 5.47. The van der Waals surface area contributed by atoms with Crippen molar-refractivity contribution in [1.82, 2.24) is 4.98 Å². The highest BCUT2D eigenvalue weighted by Gasteiger charge is 2.06. The normalized spacial score (nSPS) is 10.8. The fraction of sp³-hybridized carbons (Fsp3) is 0.0714. The molecule has 0 aliphatic heterocycles. The summed E-state index contributed by atoms with van der Waals surface area (Å²) < 4.78 is 7.43. The molecular formula is C14H10BrNOS. The summed E-state index contributed by atoms with van der Waals surface area (Å²) >= 11 is 5.18. The predicted octanol–water partition coefficient (Wildman–Crippen LogP) is 4.73. The minimum Gasteiger partial charge on any atom is -0.497 e. The summed E-state index contributed by atoms with van der Waals surface area (Å²) in [6.07, 6.45) is 0. The van der Waals surface area contributed by atoms with E-state index < -0.39 is 0 Å². The number of methoxy groups -OCH3 is 1. The number of nitrogens with zero attached hydrogens (tertiary/aromatic N) is 1. The predicted molar refractivity (Wildman–Crippen MR) is 79.3 cm³/mol. The van der Waals surface area contributed by atoms with Crippen molar-refractivity contribution in [2.24, 2.45) is 0 Å². The van der Waals surface area contributed by atoms with Crippen LogP contribution in [0.2, 0.25) is 0 Å². The Labute approximate surface area is 117 Å². The third kappa shape index (κ3) is 2.13. The van der Waals surface area contributed by atoms with Gasteiger partial charge in [0, 0.05) is 10.0 Å². The number of hydrogen-bond donors (Lipinski definition) is 0. The first-order chi connectivity index (χ1) is 8.76. The molecule has 2 aromatic carbocycles. The molecule has 0 unspecified atom stereocenters. The van der Waals surface area contributed by atoms with Gasteiger partial charge in [0.15, 0.2) is 0 Å². The van der Waals surface area contributed by atoms with Gasteiger partial charge in [0.1, 0.15) is 10.8 Å². The van der Waals surface area contributed by atoms with Gasteiger partial charge in [0.25, 0.3) is 0 Å². The molecule has 0 aliphatic carbocycles. The maximum atomic E-state index is 5.16. The van der Waals surface area contributed by atoms with E-state index in [1.807, 2.05) is 36.4 Å². The number of rotatable bonds is 2. The van der Waals surface area contributed by atoms with Crippen LogP contribution in [0.5, 0.6) is 5.75 Å². The molecule has 0 bridgehead atoms. The quantitative estimate of drug-likeness (QED) is 0.681. The molecule has 0 amide bonds. The molecule has 4 heteroatoms. The average Bonchev–Trinajstić information content (AvgIpc) is 2.81. The molecule has 0 fully saturated rings. The summed E-state index contributed by atoms with van der Waals surface area (Å²) in [7, 11) is 1.67. The van der Waals surface area contributed by atoms with E-state index in [-0.39, 0.29) is 0 Å². The molecule has 2 nitrogen and oxygen atoms in total. The fourth-order valence-electron chi connectivity index (χ4n) is 1.76. The number of aromatic nitrogens is 1. The van der Waals surface area contributed by atoms with E-state index >= 15 is 0 Å². The molecule has 0 N–H and O–H groups in total. The van der Waals surface area contributed by atoms with Gasteiger partial charge < -0.3 is 4.74 Å². The Balaban J connectivity index is 2.07. The highest BCUT2D eigenvalue weighted by Crippen LogP contribution is 2.32. The van der Waals surface area contributed by atoms with Gasteiger partial charge in [-0.25, -0.2) is 4.98 Å². The van der Waals surface area contributed by atoms with Crippen molar-refractivity contribution >= 4 is 37.5 Å².